The van der Waals surface area contributed by atoms with Crippen molar-refractivity contribution in [2.24, 2.45) is 5.73 Å². The van der Waals surface area contributed by atoms with E-state index in [0.717, 1.165) is 19.3 Å². The summed E-state index contributed by atoms with van der Waals surface area (Å²) in [6.45, 7) is 4.13. The van der Waals surface area contributed by atoms with Gasteiger partial charge in [0.15, 0.2) is 0 Å². The maximum absolute atomic E-state index is 11.7. The number of carboxylic acids is 1. The van der Waals surface area contributed by atoms with Crippen LogP contribution in [0.15, 0.2) is 0 Å². The number of hydrogen-bond acceptors (Lipinski definition) is 4. The molecule has 0 rings (SSSR count). The van der Waals surface area contributed by atoms with Gasteiger partial charge in [0, 0.05) is 0 Å². The molecule has 0 aliphatic rings. The highest BCUT2D eigenvalue weighted by atomic mass is 16.5. The van der Waals surface area contributed by atoms with Gasteiger partial charge in [-0.2, -0.15) is 0 Å². The molecule has 0 saturated carbocycles. The summed E-state index contributed by atoms with van der Waals surface area (Å²) in [4.78, 5) is 22.3. The Labute approximate surface area is 204 Å². The molecule has 0 aliphatic carbocycles. The molecule has 5 nitrogen and oxygen atoms in total. The number of aliphatic carboxylic acids is 1. The maximum Gasteiger partial charge on any atom is 0.323 e. The molecule has 0 aromatic heterocycles. The van der Waals surface area contributed by atoms with Gasteiger partial charge in [-0.1, -0.05) is 129 Å². The third-order valence-corrected chi connectivity index (χ3v) is 6.48. The molecule has 5 heteroatoms. The van der Waals surface area contributed by atoms with Gasteiger partial charge < -0.3 is 15.6 Å². The van der Waals surface area contributed by atoms with Gasteiger partial charge in [-0.05, 0) is 19.8 Å². The van der Waals surface area contributed by atoms with Crippen LogP contribution in [-0.2, 0) is 14.3 Å². The summed E-state index contributed by atoms with van der Waals surface area (Å²) in [6.07, 6.45) is 27.5. The number of carbonyl (C=O) groups excluding carboxylic acids is 1. The van der Waals surface area contributed by atoms with Crippen molar-refractivity contribution in [3.05, 3.63) is 0 Å². The van der Waals surface area contributed by atoms with E-state index < -0.39 is 18.0 Å². The molecule has 0 aromatic carbocycles. The van der Waals surface area contributed by atoms with Gasteiger partial charge >= 0.3 is 11.9 Å². The Morgan fingerprint density at radius 3 is 1.33 bits per heavy atom. The highest BCUT2D eigenvalue weighted by Gasteiger charge is 2.20. The molecule has 0 amide bonds. The molecule has 1 unspecified atom stereocenters. The molecule has 0 bridgehead atoms. The summed E-state index contributed by atoms with van der Waals surface area (Å²) in [5.41, 5.74) is 5.52. The summed E-state index contributed by atoms with van der Waals surface area (Å²) in [5.74, 6) is -1.70. The third-order valence-electron chi connectivity index (χ3n) is 6.48. The maximum atomic E-state index is 11.7. The average molecular weight is 470 g/mol. The van der Waals surface area contributed by atoms with E-state index >= 15 is 0 Å². The van der Waals surface area contributed by atoms with Crippen molar-refractivity contribution in [3.8, 4) is 0 Å². The lowest BCUT2D eigenvalue weighted by Gasteiger charge is -2.15. The number of unbranched alkanes of at least 4 members (excludes halogenated alkanes) is 19. The van der Waals surface area contributed by atoms with Crippen molar-refractivity contribution in [3.63, 3.8) is 0 Å². The Morgan fingerprint density at radius 1 is 0.667 bits per heavy atom. The number of carbonyl (C=O) groups is 2. The van der Waals surface area contributed by atoms with E-state index in [0.29, 0.717) is 0 Å². The first kappa shape index (κ1) is 31.9. The normalized spacial score (nSPS) is 13.1. The molecule has 0 fully saturated rings. The number of hydrogen-bond donors (Lipinski definition) is 2. The molecule has 0 heterocycles. The molecule has 3 N–H and O–H groups in total. The quantitative estimate of drug-likeness (QED) is 0.105. The SMILES string of the molecule is CCCCCCCCCCCCCCCCCCCCCCC(C)OC(=O)[C@@H](N)CC(=O)O. The minimum Gasteiger partial charge on any atom is -0.481 e. The van der Waals surface area contributed by atoms with E-state index in [2.05, 4.69) is 6.92 Å². The summed E-state index contributed by atoms with van der Waals surface area (Å²) in [6, 6.07) is -1.07. The van der Waals surface area contributed by atoms with Crippen LogP contribution in [0.5, 0.6) is 0 Å². The predicted octanol–water partition coefficient (Wildman–Crippen LogP) is 7.93. The van der Waals surface area contributed by atoms with Gasteiger partial charge in [-0.3, -0.25) is 9.59 Å². The fourth-order valence-electron chi connectivity index (χ4n) is 4.30. The third kappa shape index (κ3) is 23.8. The summed E-state index contributed by atoms with van der Waals surface area (Å²) >= 11 is 0. The second kappa shape index (κ2) is 24.0. The first-order valence-electron chi connectivity index (χ1n) is 14.1. The van der Waals surface area contributed by atoms with Gasteiger partial charge in [0.1, 0.15) is 6.04 Å². The largest absolute Gasteiger partial charge is 0.481 e. The standard InChI is InChI=1S/C28H55NO4/c1-3-4-5-6-7-8-9-10-11-12-13-14-15-16-17-18-19-20-21-22-23-25(2)33-28(32)26(29)24-27(30)31/h25-26H,3-24,29H2,1-2H3,(H,30,31)/t25?,26-/m0/s1. The molecular weight excluding hydrogens is 414 g/mol. The minimum atomic E-state index is -1.08. The van der Waals surface area contributed by atoms with Crippen molar-refractivity contribution in [1.82, 2.24) is 0 Å². The minimum absolute atomic E-state index is 0.201. The summed E-state index contributed by atoms with van der Waals surface area (Å²) in [5, 5.41) is 8.66. The van der Waals surface area contributed by atoms with Gasteiger partial charge in [0.2, 0.25) is 0 Å². The monoisotopic (exact) mass is 469 g/mol. The van der Waals surface area contributed by atoms with Gasteiger partial charge in [0.05, 0.1) is 12.5 Å². The fraction of sp³-hybridized carbons (Fsp3) is 0.929. The molecule has 0 spiro atoms. The second-order valence-electron chi connectivity index (χ2n) is 9.96. The Kier molecular flexibility index (Phi) is 23.2. The number of carboxylic acid groups (broad SMARTS) is 1. The highest BCUT2D eigenvalue weighted by Crippen LogP contribution is 2.15. The molecular formula is C28H55NO4. The van der Waals surface area contributed by atoms with E-state index in [4.69, 9.17) is 15.6 Å². The predicted molar refractivity (Wildman–Crippen MR) is 138 cm³/mol. The first-order chi connectivity index (χ1) is 16.0. The zero-order valence-electron chi connectivity index (χ0n) is 22.0. The summed E-state index contributed by atoms with van der Waals surface area (Å²) < 4.78 is 5.23. The lowest BCUT2D eigenvalue weighted by Crippen LogP contribution is -2.36. The molecule has 0 radical (unpaired) electrons. The molecule has 196 valence electrons. The van der Waals surface area contributed by atoms with Crippen LogP contribution in [-0.4, -0.2) is 29.2 Å². The van der Waals surface area contributed by atoms with Crippen molar-refractivity contribution in [1.29, 1.82) is 0 Å². The van der Waals surface area contributed by atoms with Crippen LogP contribution < -0.4 is 5.73 Å². The van der Waals surface area contributed by atoms with Gasteiger partial charge in [-0.15, -0.1) is 0 Å². The first-order valence-corrected chi connectivity index (χ1v) is 14.1. The van der Waals surface area contributed by atoms with Crippen molar-refractivity contribution >= 4 is 11.9 Å². The van der Waals surface area contributed by atoms with Crippen LogP contribution in [0.4, 0.5) is 0 Å². The van der Waals surface area contributed by atoms with Crippen LogP contribution in [0.25, 0.3) is 0 Å². The molecule has 2 atom stereocenters. The van der Waals surface area contributed by atoms with E-state index in [1.807, 2.05) is 6.92 Å². The topological polar surface area (TPSA) is 89.6 Å². The van der Waals surface area contributed by atoms with Crippen LogP contribution in [0.2, 0.25) is 0 Å². The van der Waals surface area contributed by atoms with Gasteiger partial charge in [-0.25, -0.2) is 0 Å². The van der Waals surface area contributed by atoms with Crippen molar-refractivity contribution in [2.75, 3.05) is 0 Å². The smallest absolute Gasteiger partial charge is 0.323 e. The Balaban J connectivity index is 3.26. The number of ether oxygens (including phenoxy) is 1. The zero-order valence-corrected chi connectivity index (χ0v) is 22.0. The summed E-state index contributed by atoms with van der Waals surface area (Å²) in [7, 11) is 0. The number of esters is 1. The van der Waals surface area contributed by atoms with Crippen LogP contribution in [0.1, 0.15) is 155 Å². The Hall–Kier alpha value is -1.10. The molecule has 0 saturated heterocycles. The van der Waals surface area contributed by atoms with E-state index in [1.54, 1.807) is 0 Å². The van der Waals surface area contributed by atoms with Crippen molar-refractivity contribution in [2.45, 2.75) is 167 Å². The van der Waals surface area contributed by atoms with E-state index in [-0.39, 0.29) is 12.5 Å². The molecule has 0 aliphatic heterocycles. The molecule has 0 aromatic rings. The van der Waals surface area contributed by atoms with Gasteiger partial charge in [0.25, 0.3) is 0 Å². The number of nitrogens with two attached hydrogens (primary N) is 1. The average Bonchev–Trinajstić information content (AvgIpc) is 2.77. The van der Waals surface area contributed by atoms with Crippen LogP contribution >= 0.6 is 0 Å². The zero-order chi connectivity index (χ0) is 24.6. The number of rotatable bonds is 25. The second-order valence-corrected chi connectivity index (χ2v) is 9.96. The molecule has 33 heavy (non-hydrogen) atoms. The Bertz CT molecular complexity index is 455. The van der Waals surface area contributed by atoms with Crippen LogP contribution in [0, 0.1) is 0 Å². The van der Waals surface area contributed by atoms with E-state index in [1.165, 1.54) is 116 Å². The Morgan fingerprint density at radius 2 is 1.00 bits per heavy atom. The van der Waals surface area contributed by atoms with E-state index in [9.17, 15) is 9.59 Å². The lowest BCUT2D eigenvalue weighted by molar-refractivity contribution is -0.153. The van der Waals surface area contributed by atoms with Crippen molar-refractivity contribution < 1.29 is 19.4 Å². The van der Waals surface area contributed by atoms with Crippen LogP contribution in [0.3, 0.4) is 0 Å². The lowest BCUT2D eigenvalue weighted by atomic mass is 10.0. The fourth-order valence-corrected chi connectivity index (χ4v) is 4.30. The highest BCUT2D eigenvalue weighted by molar-refractivity contribution is 5.81.